The summed E-state index contributed by atoms with van der Waals surface area (Å²) < 4.78 is 0. The largest absolute Gasteiger partial charge is 0.313 e. The molecule has 2 aromatic carbocycles. The van der Waals surface area contributed by atoms with Crippen LogP contribution in [0.15, 0.2) is 48.5 Å². The van der Waals surface area contributed by atoms with Crippen LogP contribution in [0.2, 0.25) is 0 Å². The summed E-state index contributed by atoms with van der Waals surface area (Å²) in [7, 11) is 2.08. The first-order chi connectivity index (χ1) is 9.81. The summed E-state index contributed by atoms with van der Waals surface area (Å²) in [5.74, 6) is 0.671. The van der Waals surface area contributed by atoms with Crippen molar-refractivity contribution in [2.75, 3.05) is 7.05 Å². The van der Waals surface area contributed by atoms with E-state index >= 15 is 0 Å². The van der Waals surface area contributed by atoms with Crippen molar-refractivity contribution in [3.63, 3.8) is 0 Å². The number of rotatable bonds is 4. The fourth-order valence-corrected chi connectivity index (χ4v) is 3.47. The molecular formula is C19H23N. The van der Waals surface area contributed by atoms with Gasteiger partial charge in [-0.25, -0.2) is 0 Å². The highest BCUT2D eigenvalue weighted by Gasteiger charge is 2.30. The quantitative estimate of drug-likeness (QED) is 0.883. The van der Waals surface area contributed by atoms with E-state index in [0.717, 1.165) is 12.8 Å². The Morgan fingerprint density at radius 1 is 1.00 bits per heavy atom. The molecule has 104 valence electrons. The second kappa shape index (κ2) is 5.80. The molecule has 0 saturated carbocycles. The molecule has 20 heavy (non-hydrogen) atoms. The van der Waals surface area contributed by atoms with E-state index in [9.17, 15) is 0 Å². The Hall–Kier alpha value is -1.60. The SMILES string of the molecule is CCc1ccc(CC2Cc3ccccc3C2NC)cc1. The second-order valence-corrected chi connectivity index (χ2v) is 5.80. The molecule has 0 radical (unpaired) electrons. The molecule has 1 aliphatic carbocycles. The van der Waals surface area contributed by atoms with E-state index in [2.05, 4.69) is 67.8 Å². The molecule has 1 aliphatic rings. The standard InChI is InChI=1S/C19H23N/c1-3-14-8-10-15(11-9-14)12-17-13-16-6-4-5-7-18(16)19(17)20-2/h4-11,17,19-20H,3,12-13H2,1-2H3. The maximum atomic E-state index is 3.51. The first kappa shape index (κ1) is 13.4. The summed E-state index contributed by atoms with van der Waals surface area (Å²) in [5.41, 5.74) is 5.89. The van der Waals surface area contributed by atoms with Gasteiger partial charge in [0.25, 0.3) is 0 Å². The lowest BCUT2D eigenvalue weighted by molar-refractivity contribution is 0.410. The molecule has 2 unspecified atom stereocenters. The highest BCUT2D eigenvalue weighted by atomic mass is 14.9. The maximum Gasteiger partial charge on any atom is 0.0355 e. The van der Waals surface area contributed by atoms with Crippen molar-refractivity contribution in [3.8, 4) is 0 Å². The Kier molecular flexibility index (Phi) is 3.88. The molecule has 3 rings (SSSR count). The van der Waals surface area contributed by atoms with Crippen LogP contribution >= 0.6 is 0 Å². The van der Waals surface area contributed by atoms with Gasteiger partial charge in [-0.2, -0.15) is 0 Å². The molecule has 0 aromatic heterocycles. The van der Waals surface area contributed by atoms with Crippen LogP contribution in [0.3, 0.4) is 0 Å². The van der Waals surface area contributed by atoms with Gasteiger partial charge in [-0.15, -0.1) is 0 Å². The zero-order valence-corrected chi connectivity index (χ0v) is 12.4. The van der Waals surface area contributed by atoms with Crippen LogP contribution in [0.1, 0.15) is 35.2 Å². The van der Waals surface area contributed by atoms with Gasteiger partial charge >= 0.3 is 0 Å². The Morgan fingerprint density at radius 3 is 2.40 bits per heavy atom. The van der Waals surface area contributed by atoms with Crippen molar-refractivity contribution in [2.24, 2.45) is 5.92 Å². The highest BCUT2D eigenvalue weighted by molar-refractivity contribution is 5.36. The average molecular weight is 265 g/mol. The van der Waals surface area contributed by atoms with E-state index in [0.29, 0.717) is 12.0 Å². The summed E-state index contributed by atoms with van der Waals surface area (Å²) in [4.78, 5) is 0. The molecule has 0 heterocycles. The van der Waals surface area contributed by atoms with Crippen molar-refractivity contribution in [1.29, 1.82) is 0 Å². The van der Waals surface area contributed by atoms with Crippen LogP contribution in [0.4, 0.5) is 0 Å². The molecule has 0 saturated heterocycles. The van der Waals surface area contributed by atoms with Crippen LogP contribution in [0.25, 0.3) is 0 Å². The van der Waals surface area contributed by atoms with Gasteiger partial charge in [0.1, 0.15) is 0 Å². The minimum atomic E-state index is 0.497. The monoisotopic (exact) mass is 265 g/mol. The molecule has 0 aliphatic heterocycles. The number of hydrogen-bond acceptors (Lipinski definition) is 1. The molecule has 1 nitrogen and oxygen atoms in total. The zero-order chi connectivity index (χ0) is 13.9. The smallest absolute Gasteiger partial charge is 0.0355 e. The topological polar surface area (TPSA) is 12.0 Å². The van der Waals surface area contributed by atoms with Gasteiger partial charge in [-0.05, 0) is 54.5 Å². The van der Waals surface area contributed by atoms with Gasteiger partial charge in [-0.1, -0.05) is 55.5 Å². The zero-order valence-electron chi connectivity index (χ0n) is 12.4. The van der Waals surface area contributed by atoms with E-state index in [1.807, 2.05) is 0 Å². The Labute approximate surface area is 122 Å². The molecule has 2 aromatic rings. The van der Waals surface area contributed by atoms with Gasteiger partial charge in [0.05, 0.1) is 0 Å². The molecule has 0 fully saturated rings. The van der Waals surface area contributed by atoms with E-state index < -0.39 is 0 Å². The Morgan fingerprint density at radius 2 is 1.70 bits per heavy atom. The minimum Gasteiger partial charge on any atom is -0.313 e. The van der Waals surface area contributed by atoms with Crippen molar-refractivity contribution >= 4 is 0 Å². The minimum absolute atomic E-state index is 0.497. The number of hydrogen-bond donors (Lipinski definition) is 1. The predicted octanol–water partition coefficient (Wildman–Crippen LogP) is 3.92. The van der Waals surface area contributed by atoms with Crippen LogP contribution in [-0.4, -0.2) is 7.05 Å². The van der Waals surface area contributed by atoms with Gasteiger partial charge < -0.3 is 5.32 Å². The molecule has 0 amide bonds. The third kappa shape index (κ3) is 2.51. The third-order valence-corrected chi connectivity index (χ3v) is 4.58. The van der Waals surface area contributed by atoms with E-state index in [1.54, 1.807) is 0 Å². The number of benzene rings is 2. The normalized spacial score (nSPS) is 20.9. The lowest BCUT2D eigenvalue weighted by Crippen LogP contribution is -2.23. The van der Waals surface area contributed by atoms with Gasteiger partial charge in [0.2, 0.25) is 0 Å². The number of fused-ring (bicyclic) bond motifs is 1. The van der Waals surface area contributed by atoms with Crippen LogP contribution in [-0.2, 0) is 19.3 Å². The Balaban J connectivity index is 1.78. The van der Waals surface area contributed by atoms with E-state index in [-0.39, 0.29) is 0 Å². The molecule has 0 bridgehead atoms. The maximum absolute atomic E-state index is 3.51. The van der Waals surface area contributed by atoms with Crippen molar-refractivity contribution in [2.45, 2.75) is 32.2 Å². The predicted molar refractivity (Wildman–Crippen MR) is 85.0 cm³/mol. The highest BCUT2D eigenvalue weighted by Crippen LogP contribution is 2.37. The lowest BCUT2D eigenvalue weighted by Gasteiger charge is -2.20. The summed E-state index contributed by atoms with van der Waals surface area (Å²) >= 11 is 0. The summed E-state index contributed by atoms with van der Waals surface area (Å²) in [6.45, 7) is 2.21. The molecular weight excluding hydrogens is 242 g/mol. The van der Waals surface area contributed by atoms with E-state index in [4.69, 9.17) is 0 Å². The summed E-state index contributed by atoms with van der Waals surface area (Å²) in [6.07, 6.45) is 3.47. The second-order valence-electron chi connectivity index (χ2n) is 5.80. The molecule has 1 heteroatoms. The van der Waals surface area contributed by atoms with Gasteiger partial charge in [-0.3, -0.25) is 0 Å². The third-order valence-electron chi connectivity index (χ3n) is 4.58. The van der Waals surface area contributed by atoms with Crippen LogP contribution in [0, 0.1) is 5.92 Å². The van der Waals surface area contributed by atoms with E-state index in [1.165, 1.54) is 28.7 Å². The van der Waals surface area contributed by atoms with Crippen molar-refractivity contribution in [3.05, 3.63) is 70.8 Å². The number of nitrogens with one attached hydrogen (secondary N) is 1. The number of aryl methyl sites for hydroxylation is 1. The first-order valence-electron chi connectivity index (χ1n) is 7.64. The van der Waals surface area contributed by atoms with Crippen molar-refractivity contribution in [1.82, 2.24) is 5.32 Å². The van der Waals surface area contributed by atoms with Gasteiger partial charge in [0, 0.05) is 6.04 Å². The average Bonchev–Trinajstić information content (AvgIpc) is 2.85. The lowest BCUT2D eigenvalue weighted by atomic mass is 9.92. The van der Waals surface area contributed by atoms with Crippen molar-refractivity contribution < 1.29 is 0 Å². The molecule has 1 N–H and O–H groups in total. The fourth-order valence-electron chi connectivity index (χ4n) is 3.47. The fraction of sp³-hybridized carbons (Fsp3) is 0.368. The first-order valence-corrected chi connectivity index (χ1v) is 7.64. The molecule has 2 atom stereocenters. The van der Waals surface area contributed by atoms with Crippen LogP contribution < -0.4 is 5.32 Å². The summed E-state index contributed by atoms with van der Waals surface area (Å²) in [6, 6.07) is 18.5. The summed E-state index contributed by atoms with van der Waals surface area (Å²) in [5, 5.41) is 3.51. The van der Waals surface area contributed by atoms with Gasteiger partial charge in [0.15, 0.2) is 0 Å². The molecule has 0 spiro atoms. The Bertz CT molecular complexity index is 571. The van der Waals surface area contributed by atoms with Crippen LogP contribution in [0.5, 0.6) is 0 Å².